The smallest absolute Gasteiger partial charge is 0.271 e. The molecule has 0 radical (unpaired) electrons. The fraction of sp³-hybridized carbons (Fsp3) is 0.200. The quantitative estimate of drug-likeness (QED) is 0.348. The van der Waals surface area contributed by atoms with E-state index in [1.165, 1.54) is 6.07 Å². The van der Waals surface area contributed by atoms with Crippen molar-refractivity contribution in [3.05, 3.63) is 69.8 Å². The van der Waals surface area contributed by atoms with Gasteiger partial charge in [0.05, 0.1) is 12.6 Å². The second-order valence-electron chi connectivity index (χ2n) is 6.47. The molecule has 5 N–H and O–H groups in total. The molecule has 1 aromatic heterocycles. The van der Waals surface area contributed by atoms with Crippen molar-refractivity contribution in [3.8, 4) is 11.5 Å². The van der Waals surface area contributed by atoms with Crippen LogP contribution in [-0.4, -0.2) is 28.0 Å². The first-order valence-corrected chi connectivity index (χ1v) is 9.66. The highest BCUT2D eigenvalue weighted by Gasteiger charge is 2.16. The molecule has 1 atom stereocenters. The third kappa shape index (κ3) is 5.01. The lowest BCUT2D eigenvalue weighted by atomic mass is 10.2. The number of aliphatic hydroxyl groups is 1. The number of aliphatic hydroxyl groups excluding tert-OH is 1. The summed E-state index contributed by atoms with van der Waals surface area (Å²) in [6, 6.07) is 11.1. The highest BCUT2D eigenvalue weighted by atomic mass is 32.1. The van der Waals surface area contributed by atoms with Gasteiger partial charge >= 0.3 is 0 Å². The molecule has 0 saturated carbocycles. The van der Waals surface area contributed by atoms with Crippen LogP contribution in [0.5, 0.6) is 11.5 Å². The van der Waals surface area contributed by atoms with E-state index in [0.717, 1.165) is 17.1 Å². The number of amidine groups is 1. The second-order valence-corrected chi connectivity index (χ2v) is 7.29. The molecule has 0 bridgehead atoms. The number of aliphatic imine (C=N–C) groups is 1. The predicted octanol–water partition coefficient (Wildman–Crippen LogP) is 3.51. The number of benzene rings is 2. The summed E-state index contributed by atoms with van der Waals surface area (Å²) in [5.41, 5.74) is 7.37. The number of nitrogens with zero attached hydrogens (tertiary/aromatic N) is 1. The van der Waals surface area contributed by atoms with Gasteiger partial charge < -0.3 is 20.9 Å². The molecular weight excluding hydrogens is 395 g/mol. The first-order chi connectivity index (χ1) is 13.9. The summed E-state index contributed by atoms with van der Waals surface area (Å²) < 4.78 is 22.1. The topological polar surface area (TPSA) is 113 Å². The maximum atomic E-state index is 13.9. The number of aromatic amines is 1. The Kier molecular flexibility index (Phi) is 6.30. The van der Waals surface area contributed by atoms with Crippen LogP contribution in [0.3, 0.4) is 0 Å². The minimum Gasteiger partial charge on any atom is -0.454 e. The van der Waals surface area contributed by atoms with Crippen molar-refractivity contribution in [2.24, 2.45) is 10.7 Å². The standard InChI is InChI=1S/C20H21FN4O3S/c1-11-3-8-15(21)16(9-11)28-14-6-4-13(5-7-14)24-20-17(19(27)25-29-20)18(22)23-12(2)10-26/h3-9,12,24,26H,10H2,1-2H3,(H2,22,23)(H,25,27). The Bertz CT molecular complexity index is 1080. The van der Waals surface area contributed by atoms with Crippen molar-refractivity contribution >= 4 is 28.1 Å². The second kappa shape index (κ2) is 8.89. The Labute approximate surface area is 170 Å². The summed E-state index contributed by atoms with van der Waals surface area (Å²) in [6.45, 7) is 3.38. The third-order valence-electron chi connectivity index (χ3n) is 4.01. The van der Waals surface area contributed by atoms with Gasteiger partial charge in [-0.1, -0.05) is 6.07 Å². The van der Waals surface area contributed by atoms with Crippen LogP contribution < -0.4 is 21.3 Å². The molecule has 3 rings (SSSR count). The van der Waals surface area contributed by atoms with Crippen molar-refractivity contribution in [1.29, 1.82) is 0 Å². The van der Waals surface area contributed by atoms with E-state index in [0.29, 0.717) is 16.4 Å². The van der Waals surface area contributed by atoms with Crippen LogP contribution in [0.4, 0.5) is 15.1 Å². The number of hydrogen-bond acceptors (Lipinski definition) is 6. The number of hydrogen-bond donors (Lipinski definition) is 4. The van der Waals surface area contributed by atoms with Crippen molar-refractivity contribution in [2.45, 2.75) is 19.9 Å². The maximum absolute atomic E-state index is 13.9. The van der Waals surface area contributed by atoms with Gasteiger partial charge in [0.1, 0.15) is 22.1 Å². The van der Waals surface area contributed by atoms with E-state index < -0.39 is 11.9 Å². The number of nitrogens with one attached hydrogen (secondary N) is 2. The lowest BCUT2D eigenvalue weighted by Gasteiger charge is -2.10. The maximum Gasteiger partial charge on any atom is 0.271 e. The average molecular weight is 416 g/mol. The number of aryl methyl sites for hydroxylation is 1. The first-order valence-electron chi connectivity index (χ1n) is 8.84. The van der Waals surface area contributed by atoms with Gasteiger partial charge in [-0.15, -0.1) is 0 Å². The third-order valence-corrected chi connectivity index (χ3v) is 4.80. The number of H-pyrrole nitrogens is 1. The first kappa shape index (κ1) is 20.6. The molecular formula is C20H21FN4O3S. The molecule has 3 aromatic rings. The molecule has 29 heavy (non-hydrogen) atoms. The molecule has 1 heterocycles. The minimum absolute atomic E-state index is 0.0476. The molecule has 0 aliphatic carbocycles. The molecule has 0 aliphatic heterocycles. The van der Waals surface area contributed by atoms with Gasteiger partial charge in [0.2, 0.25) is 0 Å². The summed E-state index contributed by atoms with van der Waals surface area (Å²) in [5.74, 6) is 0.233. The molecule has 0 spiro atoms. The molecule has 1 unspecified atom stereocenters. The van der Waals surface area contributed by atoms with Crippen LogP contribution in [0.15, 0.2) is 52.3 Å². The van der Waals surface area contributed by atoms with Crippen LogP contribution in [0.25, 0.3) is 0 Å². The van der Waals surface area contributed by atoms with Crippen LogP contribution in [0.1, 0.15) is 18.1 Å². The Morgan fingerprint density at radius 3 is 2.76 bits per heavy atom. The summed E-state index contributed by atoms with van der Waals surface area (Å²) in [7, 11) is 0. The Balaban J connectivity index is 1.78. The SMILES string of the molecule is Cc1ccc(F)c(Oc2ccc(Nc3s[nH]c(=O)c3C(N)=NC(C)CO)cc2)c1. The number of aromatic nitrogens is 1. The van der Waals surface area contributed by atoms with Crippen LogP contribution in [-0.2, 0) is 0 Å². The van der Waals surface area contributed by atoms with Gasteiger partial charge in [-0.3, -0.25) is 14.2 Å². The lowest BCUT2D eigenvalue weighted by molar-refractivity contribution is 0.274. The summed E-state index contributed by atoms with van der Waals surface area (Å²) in [5, 5.41) is 12.7. The van der Waals surface area contributed by atoms with E-state index in [4.69, 9.17) is 15.6 Å². The van der Waals surface area contributed by atoms with Gasteiger partial charge in [-0.05, 0) is 67.3 Å². The monoisotopic (exact) mass is 416 g/mol. The highest BCUT2D eigenvalue weighted by Crippen LogP contribution is 2.28. The van der Waals surface area contributed by atoms with Crippen molar-refractivity contribution in [1.82, 2.24) is 4.37 Å². The fourth-order valence-corrected chi connectivity index (χ4v) is 3.28. The highest BCUT2D eigenvalue weighted by molar-refractivity contribution is 7.10. The van der Waals surface area contributed by atoms with Crippen molar-refractivity contribution in [2.75, 3.05) is 11.9 Å². The Morgan fingerprint density at radius 2 is 2.07 bits per heavy atom. The molecule has 0 saturated heterocycles. The normalized spacial score (nSPS) is 12.6. The number of nitrogens with two attached hydrogens (primary N) is 1. The van der Waals surface area contributed by atoms with Gasteiger partial charge in [-0.2, -0.15) is 0 Å². The van der Waals surface area contributed by atoms with E-state index in [2.05, 4.69) is 14.7 Å². The molecule has 9 heteroatoms. The predicted molar refractivity (Wildman–Crippen MR) is 113 cm³/mol. The molecule has 7 nitrogen and oxygen atoms in total. The zero-order valence-electron chi connectivity index (χ0n) is 15.9. The number of halogens is 1. The van der Waals surface area contributed by atoms with Crippen LogP contribution in [0, 0.1) is 12.7 Å². The molecule has 0 fully saturated rings. The molecule has 0 aliphatic rings. The Morgan fingerprint density at radius 1 is 1.34 bits per heavy atom. The van der Waals surface area contributed by atoms with Crippen LogP contribution in [0.2, 0.25) is 0 Å². The molecule has 2 aromatic carbocycles. The van der Waals surface area contributed by atoms with E-state index in [9.17, 15) is 9.18 Å². The fourth-order valence-electron chi connectivity index (χ4n) is 2.52. The largest absolute Gasteiger partial charge is 0.454 e. The van der Waals surface area contributed by atoms with Crippen molar-refractivity contribution in [3.63, 3.8) is 0 Å². The van der Waals surface area contributed by atoms with E-state index in [1.54, 1.807) is 43.3 Å². The molecule has 152 valence electrons. The summed E-state index contributed by atoms with van der Waals surface area (Å²) in [6.07, 6.45) is 0. The van der Waals surface area contributed by atoms with Gasteiger partial charge in [0, 0.05) is 5.69 Å². The van der Waals surface area contributed by atoms with E-state index >= 15 is 0 Å². The molecule has 0 amide bonds. The Hall–Kier alpha value is -3.17. The zero-order valence-corrected chi connectivity index (χ0v) is 16.7. The van der Waals surface area contributed by atoms with E-state index in [1.807, 2.05) is 6.92 Å². The van der Waals surface area contributed by atoms with Crippen LogP contribution >= 0.6 is 11.5 Å². The van der Waals surface area contributed by atoms with Gasteiger partial charge in [0.15, 0.2) is 11.6 Å². The number of rotatable bonds is 7. The average Bonchev–Trinajstić information content (AvgIpc) is 3.06. The zero-order chi connectivity index (χ0) is 21.0. The number of anilines is 2. The lowest BCUT2D eigenvalue weighted by Crippen LogP contribution is -2.24. The summed E-state index contributed by atoms with van der Waals surface area (Å²) >= 11 is 1.09. The summed E-state index contributed by atoms with van der Waals surface area (Å²) in [4.78, 5) is 16.2. The van der Waals surface area contributed by atoms with Crippen molar-refractivity contribution < 1.29 is 14.2 Å². The number of ether oxygens (including phenoxy) is 1. The van der Waals surface area contributed by atoms with E-state index in [-0.39, 0.29) is 29.3 Å². The van der Waals surface area contributed by atoms with Gasteiger partial charge in [-0.25, -0.2) is 4.39 Å². The minimum atomic E-state index is -0.439. The van der Waals surface area contributed by atoms with Gasteiger partial charge in [0.25, 0.3) is 5.56 Å².